The van der Waals surface area contributed by atoms with E-state index in [1.165, 1.54) is 0 Å². The maximum Gasteiger partial charge on any atom is 0.208 e. The average molecular weight is 273 g/mol. The molecule has 1 aromatic rings. The zero-order valence-corrected chi connectivity index (χ0v) is 11.4. The number of aryl methyl sites for hydroxylation is 1. The number of nitrogen functional groups attached to an aromatic ring is 1. The molecule has 1 aromatic heterocycles. The first-order valence-electron chi connectivity index (χ1n) is 5.72. The molecule has 0 fully saturated rings. The molecule has 0 aliphatic heterocycles. The van der Waals surface area contributed by atoms with Gasteiger partial charge in [0.2, 0.25) is 10.0 Å². The third-order valence-electron chi connectivity index (χ3n) is 2.06. The highest BCUT2D eigenvalue weighted by Crippen LogP contribution is 2.09. The van der Waals surface area contributed by atoms with Crippen LogP contribution in [0, 0.1) is 0 Å². The molecule has 1 rings (SSSR count). The smallest absolute Gasteiger partial charge is 0.208 e. The second-order valence-corrected chi connectivity index (χ2v) is 5.77. The van der Waals surface area contributed by atoms with Crippen molar-refractivity contribution in [3.63, 3.8) is 0 Å². The van der Waals surface area contributed by atoms with Crippen molar-refractivity contribution in [3.8, 4) is 0 Å². The Balaban J connectivity index is 2.51. The first-order valence-corrected chi connectivity index (χ1v) is 7.62. The van der Waals surface area contributed by atoms with E-state index in [0.29, 0.717) is 30.5 Å². The summed E-state index contributed by atoms with van der Waals surface area (Å²) < 4.78 is 24.1. The zero-order chi connectivity index (χ0) is 13.6. The van der Waals surface area contributed by atoms with Gasteiger partial charge in [0.15, 0.2) is 0 Å². The molecule has 18 heavy (non-hydrogen) atoms. The molecule has 1 heterocycles. The van der Waals surface area contributed by atoms with Crippen LogP contribution in [0.1, 0.15) is 19.2 Å². The summed E-state index contributed by atoms with van der Waals surface area (Å²) in [4.78, 5) is 8.38. The summed E-state index contributed by atoms with van der Waals surface area (Å²) >= 11 is 0. The third-order valence-corrected chi connectivity index (χ3v) is 2.79. The monoisotopic (exact) mass is 273 g/mol. The van der Waals surface area contributed by atoms with Crippen LogP contribution < -0.4 is 15.8 Å². The molecule has 0 aliphatic rings. The second-order valence-electron chi connectivity index (χ2n) is 3.94. The fourth-order valence-corrected chi connectivity index (χ4v) is 1.84. The van der Waals surface area contributed by atoms with E-state index in [9.17, 15) is 8.42 Å². The van der Waals surface area contributed by atoms with E-state index < -0.39 is 10.0 Å². The Morgan fingerprint density at radius 2 is 2.06 bits per heavy atom. The first kappa shape index (κ1) is 14.7. The maximum absolute atomic E-state index is 10.9. The number of nitrogens with zero attached hydrogens (tertiary/aromatic N) is 2. The average Bonchev–Trinajstić information content (AvgIpc) is 2.23. The summed E-state index contributed by atoms with van der Waals surface area (Å²) in [5.74, 6) is 1.71. The van der Waals surface area contributed by atoms with E-state index in [0.717, 1.165) is 19.1 Å². The van der Waals surface area contributed by atoms with Crippen LogP contribution in [0.15, 0.2) is 6.07 Å². The normalized spacial score (nSPS) is 11.4. The van der Waals surface area contributed by atoms with Gasteiger partial charge < -0.3 is 11.1 Å². The summed E-state index contributed by atoms with van der Waals surface area (Å²) in [6.45, 7) is 2.77. The second kappa shape index (κ2) is 6.50. The molecule has 0 bridgehead atoms. The number of hydrogen-bond donors (Lipinski definition) is 3. The van der Waals surface area contributed by atoms with Crippen molar-refractivity contribution in [1.82, 2.24) is 14.7 Å². The molecule has 0 aliphatic carbocycles. The van der Waals surface area contributed by atoms with Gasteiger partial charge in [-0.2, -0.15) is 0 Å². The molecule has 0 atom stereocenters. The van der Waals surface area contributed by atoms with E-state index in [-0.39, 0.29) is 0 Å². The van der Waals surface area contributed by atoms with Crippen LogP contribution in [-0.2, 0) is 16.4 Å². The molecular formula is C10H19N5O2S. The molecule has 7 nitrogen and oxygen atoms in total. The van der Waals surface area contributed by atoms with Crippen LogP contribution in [0.4, 0.5) is 11.6 Å². The topological polar surface area (TPSA) is 110 Å². The van der Waals surface area contributed by atoms with Gasteiger partial charge in [-0.15, -0.1) is 0 Å². The van der Waals surface area contributed by atoms with Crippen LogP contribution in [0.25, 0.3) is 0 Å². The van der Waals surface area contributed by atoms with Crippen molar-refractivity contribution >= 4 is 21.7 Å². The van der Waals surface area contributed by atoms with Crippen molar-refractivity contribution in [3.05, 3.63) is 11.9 Å². The van der Waals surface area contributed by atoms with E-state index in [1.807, 2.05) is 6.92 Å². The van der Waals surface area contributed by atoms with Crippen molar-refractivity contribution in [2.24, 2.45) is 0 Å². The molecule has 4 N–H and O–H groups in total. The minimum Gasteiger partial charge on any atom is -0.384 e. The van der Waals surface area contributed by atoms with Crippen LogP contribution in [0.2, 0.25) is 0 Å². The van der Waals surface area contributed by atoms with E-state index >= 15 is 0 Å². The minimum absolute atomic E-state index is 0.297. The number of nitrogens with one attached hydrogen (secondary N) is 2. The van der Waals surface area contributed by atoms with Crippen molar-refractivity contribution < 1.29 is 8.42 Å². The van der Waals surface area contributed by atoms with Gasteiger partial charge in [0, 0.05) is 25.6 Å². The Bertz CT molecular complexity index is 489. The van der Waals surface area contributed by atoms with Crippen molar-refractivity contribution in [1.29, 1.82) is 0 Å². The third kappa shape index (κ3) is 5.78. The highest BCUT2D eigenvalue weighted by molar-refractivity contribution is 7.88. The van der Waals surface area contributed by atoms with Crippen LogP contribution in [-0.4, -0.2) is 37.7 Å². The lowest BCUT2D eigenvalue weighted by Crippen LogP contribution is -2.27. The Labute approximate surface area is 107 Å². The van der Waals surface area contributed by atoms with Crippen molar-refractivity contribution in [2.45, 2.75) is 19.8 Å². The van der Waals surface area contributed by atoms with Gasteiger partial charge in [-0.3, -0.25) is 0 Å². The lowest BCUT2D eigenvalue weighted by molar-refractivity contribution is 0.589. The number of hydrogen-bond acceptors (Lipinski definition) is 6. The standard InChI is InChI=1S/C10H19N5O2S/c1-3-4-9-14-8(11)7-10(15-9)12-5-6-13-18(2,16)17/h7,13H,3-6H2,1-2H3,(H3,11,12,14,15). The lowest BCUT2D eigenvalue weighted by Gasteiger charge is -2.08. The number of sulfonamides is 1. The minimum atomic E-state index is -3.15. The Morgan fingerprint density at radius 3 is 2.67 bits per heavy atom. The van der Waals surface area contributed by atoms with E-state index in [4.69, 9.17) is 5.73 Å². The zero-order valence-electron chi connectivity index (χ0n) is 10.6. The van der Waals surface area contributed by atoms with Gasteiger partial charge in [-0.25, -0.2) is 23.1 Å². The lowest BCUT2D eigenvalue weighted by atomic mass is 10.3. The van der Waals surface area contributed by atoms with Crippen LogP contribution in [0.3, 0.4) is 0 Å². The molecule has 0 saturated heterocycles. The van der Waals surface area contributed by atoms with Gasteiger partial charge in [-0.1, -0.05) is 6.92 Å². The quantitative estimate of drug-likeness (QED) is 0.602. The fraction of sp³-hybridized carbons (Fsp3) is 0.600. The number of anilines is 2. The summed E-state index contributed by atoms with van der Waals surface area (Å²) in [6, 6.07) is 1.62. The van der Waals surface area contributed by atoms with Gasteiger partial charge in [-0.05, 0) is 6.42 Å². The Hall–Kier alpha value is -1.41. The predicted octanol–water partition coefficient (Wildman–Crippen LogP) is -0.0276. The van der Waals surface area contributed by atoms with Crippen molar-refractivity contribution in [2.75, 3.05) is 30.4 Å². The predicted molar refractivity (Wildman–Crippen MR) is 71.8 cm³/mol. The largest absolute Gasteiger partial charge is 0.384 e. The molecule has 102 valence electrons. The molecule has 0 saturated carbocycles. The SMILES string of the molecule is CCCc1nc(N)cc(NCCNS(C)(=O)=O)n1. The summed E-state index contributed by atoms with van der Waals surface area (Å²) in [5.41, 5.74) is 5.66. The number of rotatable bonds is 7. The van der Waals surface area contributed by atoms with Gasteiger partial charge in [0.1, 0.15) is 17.5 Å². The van der Waals surface area contributed by atoms with Gasteiger partial charge >= 0.3 is 0 Å². The fourth-order valence-electron chi connectivity index (χ4n) is 1.37. The van der Waals surface area contributed by atoms with Gasteiger partial charge in [0.05, 0.1) is 6.26 Å². The Kier molecular flexibility index (Phi) is 5.29. The highest BCUT2D eigenvalue weighted by Gasteiger charge is 2.03. The van der Waals surface area contributed by atoms with Crippen LogP contribution in [0.5, 0.6) is 0 Å². The van der Waals surface area contributed by atoms with E-state index in [2.05, 4.69) is 20.0 Å². The number of nitrogens with two attached hydrogens (primary N) is 1. The molecule has 0 amide bonds. The van der Waals surface area contributed by atoms with Gasteiger partial charge in [0.25, 0.3) is 0 Å². The molecule has 0 unspecified atom stereocenters. The van der Waals surface area contributed by atoms with Crippen LogP contribution >= 0.6 is 0 Å². The summed E-state index contributed by atoms with van der Waals surface area (Å²) in [7, 11) is -3.15. The molecular weight excluding hydrogens is 254 g/mol. The number of aromatic nitrogens is 2. The Morgan fingerprint density at radius 1 is 1.33 bits per heavy atom. The highest BCUT2D eigenvalue weighted by atomic mass is 32.2. The molecule has 0 radical (unpaired) electrons. The maximum atomic E-state index is 10.9. The molecule has 8 heteroatoms. The molecule has 0 aromatic carbocycles. The summed E-state index contributed by atoms with van der Waals surface area (Å²) in [6.07, 6.45) is 2.83. The molecule has 0 spiro atoms. The summed E-state index contributed by atoms with van der Waals surface area (Å²) in [5, 5.41) is 3.00. The first-order chi connectivity index (χ1) is 8.40. The van der Waals surface area contributed by atoms with E-state index in [1.54, 1.807) is 6.07 Å².